The molecule has 7 heteroatoms. The smallest absolute Gasteiger partial charge is 0.165 e. The predicted molar refractivity (Wildman–Crippen MR) is 119 cm³/mol. The van der Waals surface area contributed by atoms with E-state index in [1.54, 1.807) is 0 Å². The Morgan fingerprint density at radius 2 is 1.76 bits per heavy atom. The zero-order valence-electron chi connectivity index (χ0n) is 17.5. The highest BCUT2D eigenvalue weighted by molar-refractivity contribution is 5.83. The molecule has 0 unspecified atom stereocenters. The summed E-state index contributed by atoms with van der Waals surface area (Å²) in [5.74, 6) is 1.72. The van der Waals surface area contributed by atoms with E-state index in [0.29, 0.717) is 0 Å². The van der Waals surface area contributed by atoms with Crippen LogP contribution in [0.4, 0.5) is 11.5 Å². The molecule has 1 aromatic carbocycles. The standard InChI is InChI=1S/C22H31N7/c1-3-19-25-21(23-4-2)20-22(26-19)29(17-24-20)12-8-11-27-13-15-28(16-14-27)18-9-6-5-7-10-18/h5-7,9-10,17H,3-4,8,11-16H2,1-2H3,(H,23,25,26). The summed E-state index contributed by atoms with van der Waals surface area (Å²) >= 11 is 0. The number of benzene rings is 1. The van der Waals surface area contributed by atoms with Gasteiger partial charge in [-0.1, -0.05) is 25.1 Å². The van der Waals surface area contributed by atoms with Gasteiger partial charge in [0.15, 0.2) is 11.5 Å². The van der Waals surface area contributed by atoms with Crippen molar-refractivity contribution in [1.82, 2.24) is 24.4 Å². The number of anilines is 2. The average Bonchev–Trinajstić information content (AvgIpc) is 3.18. The lowest BCUT2D eigenvalue weighted by Crippen LogP contribution is -2.46. The van der Waals surface area contributed by atoms with Crippen LogP contribution in [-0.4, -0.2) is 63.7 Å². The van der Waals surface area contributed by atoms with Gasteiger partial charge in [-0.3, -0.25) is 4.90 Å². The quantitative estimate of drug-likeness (QED) is 0.635. The first kappa shape index (κ1) is 19.6. The normalized spacial score (nSPS) is 15.2. The van der Waals surface area contributed by atoms with Crippen LogP contribution in [-0.2, 0) is 13.0 Å². The fraction of sp³-hybridized carbons (Fsp3) is 0.500. The summed E-state index contributed by atoms with van der Waals surface area (Å²) in [4.78, 5) is 19.0. The van der Waals surface area contributed by atoms with Gasteiger partial charge in [0, 0.05) is 51.4 Å². The zero-order chi connectivity index (χ0) is 20.1. The van der Waals surface area contributed by atoms with E-state index in [2.05, 4.69) is 73.8 Å². The molecule has 7 nitrogen and oxygen atoms in total. The number of fused-ring (bicyclic) bond motifs is 1. The van der Waals surface area contributed by atoms with Crippen molar-refractivity contribution in [2.24, 2.45) is 0 Å². The summed E-state index contributed by atoms with van der Waals surface area (Å²) in [5.41, 5.74) is 3.15. The largest absolute Gasteiger partial charge is 0.369 e. The summed E-state index contributed by atoms with van der Waals surface area (Å²) in [6.45, 7) is 11.5. The van der Waals surface area contributed by atoms with Gasteiger partial charge in [-0.15, -0.1) is 0 Å². The van der Waals surface area contributed by atoms with E-state index >= 15 is 0 Å². The van der Waals surface area contributed by atoms with E-state index in [1.807, 2.05) is 6.33 Å². The summed E-state index contributed by atoms with van der Waals surface area (Å²) in [5, 5.41) is 3.32. The van der Waals surface area contributed by atoms with Crippen molar-refractivity contribution < 1.29 is 0 Å². The summed E-state index contributed by atoms with van der Waals surface area (Å²) in [6, 6.07) is 10.7. The maximum atomic E-state index is 4.73. The Morgan fingerprint density at radius 3 is 2.48 bits per heavy atom. The Labute approximate surface area is 172 Å². The van der Waals surface area contributed by atoms with E-state index in [0.717, 1.165) is 81.5 Å². The molecule has 1 saturated heterocycles. The van der Waals surface area contributed by atoms with Crippen molar-refractivity contribution in [2.75, 3.05) is 49.5 Å². The Bertz CT molecular complexity index is 914. The van der Waals surface area contributed by atoms with Gasteiger partial charge in [0.05, 0.1) is 6.33 Å². The minimum absolute atomic E-state index is 0.825. The van der Waals surface area contributed by atoms with Crippen molar-refractivity contribution in [3.8, 4) is 0 Å². The number of imidazole rings is 1. The average molecular weight is 394 g/mol. The minimum Gasteiger partial charge on any atom is -0.369 e. The maximum Gasteiger partial charge on any atom is 0.165 e. The fourth-order valence-corrected chi connectivity index (χ4v) is 3.93. The second-order valence-electron chi connectivity index (χ2n) is 7.50. The summed E-state index contributed by atoms with van der Waals surface area (Å²) in [7, 11) is 0. The van der Waals surface area contributed by atoms with Crippen LogP contribution in [0.15, 0.2) is 36.7 Å². The minimum atomic E-state index is 0.825. The van der Waals surface area contributed by atoms with Crippen LogP contribution in [0.2, 0.25) is 0 Å². The Hall–Kier alpha value is -2.67. The van der Waals surface area contributed by atoms with E-state index < -0.39 is 0 Å². The fourth-order valence-electron chi connectivity index (χ4n) is 3.93. The first-order valence-corrected chi connectivity index (χ1v) is 10.8. The molecule has 1 aliphatic heterocycles. The monoisotopic (exact) mass is 393 g/mol. The van der Waals surface area contributed by atoms with Gasteiger partial charge in [0.25, 0.3) is 0 Å². The van der Waals surface area contributed by atoms with Crippen LogP contribution in [0.25, 0.3) is 11.2 Å². The van der Waals surface area contributed by atoms with Crippen molar-refractivity contribution in [2.45, 2.75) is 33.2 Å². The molecule has 1 N–H and O–H groups in total. The van der Waals surface area contributed by atoms with Gasteiger partial charge >= 0.3 is 0 Å². The van der Waals surface area contributed by atoms with Crippen LogP contribution in [0.5, 0.6) is 0 Å². The highest BCUT2D eigenvalue weighted by Gasteiger charge is 2.17. The van der Waals surface area contributed by atoms with E-state index in [1.165, 1.54) is 5.69 Å². The number of nitrogens with one attached hydrogen (secondary N) is 1. The topological polar surface area (TPSA) is 62.1 Å². The molecule has 1 fully saturated rings. The third-order valence-electron chi connectivity index (χ3n) is 5.54. The van der Waals surface area contributed by atoms with Crippen LogP contribution < -0.4 is 10.2 Å². The predicted octanol–water partition coefficient (Wildman–Crippen LogP) is 3.03. The first-order valence-electron chi connectivity index (χ1n) is 10.8. The van der Waals surface area contributed by atoms with Crippen LogP contribution in [0.1, 0.15) is 26.1 Å². The molecule has 2 aromatic heterocycles. The summed E-state index contributed by atoms with van der Waals surface area (Å²) < 4.78 is 2.18. The number of nitrogens with zero attached hydrogens (tertiary/aromatic N) is 6. The Kier molecular flexibility index (Phi) is 6.24. The van der Waals surface area contributed by atoms with Gasteiger partial charge in [0.1, 0.15) is 11.3 Å². The molecular formula is C22H31N7. The van der Waals surface area contributed by atoms with Crippen molar-refractivity contribution in [1.29, 1.82) is 0 Å². The van der Waals surface area contributed by atoms with Gasteiger partial charge in [-0.2, -0.15) is 0 Å². The molecule has 29 heavy (non-hydrogen) atoms. The van der Waals surface area contributed by atoms with Gasteiger partial charge in [-0.05, 0) is 32.0 Å². The van der Waals surface area contributed by atoms with Gasteiger partial charge in [-0.25, -0.2) is 15.0 Å². The second-order valence-corrected chi connectivity index (χ2v) is 7.50. The SMILES string of the molecule is CCNc1nc(CC)nc2c1ncn2CCCN1CCN(c2ccccc2)CC1. The number of hydrogen-bond acceptors (Lipinski definition) is 6. The van der Waals surface area contributed by atoms with Crippen LogP contribution in [0.3, 0.4) is 0 Å². The Morgan fingerprint density at radius 1 is 0.966 bits per heavy atom. The molecule has 0 bridgehead atoms. The van der Waals surface area contributed by atoms with E-state index in [9.17, 15) is 0 Å². The lowest BCUT2D eigenvalue weighted by atomic mass is 10.2. The Balaban J connectivity index is 1.33. The van der Waals surface area contributed by atoms with Crippen molar-refractivity contribution in [3.63, 3.8) is 0 Å². The molecule has 0 aliphatic carbocycles. The van der Waals surface area contributed by atoms with E-state index in [4.69, 9.17) is 4.98 Å². The van der Waals surface area contributed by atoms with Crippen molar-refractivity contribution >= 4 is 22.7 Å². The van der Waals surface area contributed by atoms with Crippen molar-refractivity contribution in [3.05, 3.63) is 42.5 Å². The number of aromatic nitrogens is 4. The van der Waals surface area contributed by atoms with Crippen LogP contribution >= 0.6 is 0 Å². The number of hydrogen-bond donors (Lipinski definition) is 1. The number of para-hydroxylation sites is 1. The number of aryl methyl sites for hydroxylation is 2. The molecule has 4 rings (SSSR count). The highest BCUT2D eigenvalue weighted by Crippen LogP contribution is 2.20. The molecule has 3 heterocycles. The first-order chi connectivity index (χ1) is 14.3. The molecule has 0 radical (unpaired) electrons. The van der Waals surface area contributed by atoms with Gasteiger partial charge in [0.2, 0.25) is 0 Å². The second kappa shape index (κ2) is 9.22. The molecule has 3 aromatic rings. The molecule has 0 saturated carbocycles. The molecular weight excluding hydrogens is 362 g/mol. The van der Waals surface area contributed by atoms with Gasteiger partial charge < -0.3 is 14.8 Å². The molecule has 0 atom stereocenters. The maximum absolute atomic E-state index is 4.73. The molecule has 0 amide bonds. The van der Waals surface area contributed by atoms with E-state index in [-0.39, 0.29) is 0 Å². The molecule has 154 valence electrons. The molecule has 1 aliphatic rings. The third-order valence-corrected chi connectivity index (χ3v) is 5.54. The third kappa shape index (κ3) is 4.50. The number of rotatable bonds is 8. The summed E-state index contributed by atoms with van der Waals surface area (Å²) in [6.07, 6.45) is 3.83. The lowest BCUT2D eigenvalue weighted by Gasteiger charge is -2.36. The molecule has 0 spiro atoms. The lowest BCUT2D eigenvalue weighted by molar-refractivity contribution is 0.251. The zero-order valence-corrected chi connectivity index (χ0v) is 17.5. The highest BCUT2D eigenvalue weighted by atomic mass is 15.3. The number of piperazine rings is 1. The van der Waals surface area contributed by atoms with Crippen LogP contribution in [0, 0.1) is 0 Å².